The van der Waals surface area contributed by atoms with Crippen molar-refractivity contribution >= 4 is 55.2 Å². The Morgan fingerprint density at radius 1 is 1.44 bits per heavy atom. The Bertz CT molecular complexity index is 586. The standard InChI is InChI=1S/C10H5BrCl2N2O/c11-7-4-14-8-2-1-5(10(13)15-16)3-6(8)9(7)12/h1-4,16H/b15-10-. The summed E-state index contributed by atoms with van der Waals surface area (Å²) in [5, 5.41) is 12.8. The van der Waals surface area contributed by atoms with E-state index in [-0.39, 0.29) is 5.17 Å². The van der Waals surface area contributed by atoms with E-state index >= 15 is 0 Å². The molecule has 0 aliphatic heterocycles. The highest BCUT2D eigenvalue weighted by Crippen LogP contribution is 2.30. The average Bonchev–Trinajstić information content (AvgIpc) is 2.32. The molecule has 0 amide bonds. The summed E-state index contributed by atoms with van der Waals surface area (Å²) >= 11 is 15.1. The van der Waals surface area contributed by atoms with Crippen LogP contribution in [0.2, 0.25) is 5.02 Å². The van der Waals surface area contributed by atoms with Gasteiger partial charge in [-0.15, -0.1) is 0 Å². The predicted molar refractivity (Wildman–Crippen MR) is 68.6 cm³/mol. The zero-order chi connectivity index (χ0) is 11.7. The number of nitrogens with zero attached hydrogens (tertiary/aromatic N) is 2. The molecule has 82 valence electrons. The molecular formula is C10H5BrCl2N2O. The number of rotatable bonds is 1. The molecule has 0 fully saturated rings. The molecule has 1 heterocycles. The summed E-state index contributed by atoms with van der Waals surface area (Å²) in [6.07, 6.45) is 1.63. The number of oxime groups is 1. The summed E-state index contributed by atoms with van der Waals surface area (Å²) in [4.78, 5) is 4.19. The molecule has 0 atom stereocenters. The van der Waals surface area contributed by atoms with Crippen LogP contribution in [0.4, 0.5) is 0 Å². The molecule has 0 saturated carbocycles. The van der Waals surface area contributed by atoms with Gasteiger partial charge in [0.1, 0.15) is 0 Å². The monoisotopic (exact) mass is 318 g/mol. The molecule has 1 aromatic heterocycles. The molecule has 1 N–H and O–H groups in total. The minimum atomic E-state index is 0.0120. The van der Waals surface area contributed by atoms with E-state index in [9.17, 15) is 0 Å². The van der Waals surface area contributed by atoms with Gasteiger partial charge in [-0.3, -0.25) is 4.98 Å². The number of hydrogen-bond donors (Lipinski definition) is 1. The summed E-state index contributed by atoms with van der Waals surface area (Å²) < 4.78 is 0.705. The van der Waals surface area contributed by atoms with E-state index in [1.54, 1.807) is 24.4 Å². The van der Waals surface area contributed by atoms with Gasteiger partial charge in [-0.05, 0) is 34.1 Å². The molecule has 3 nitrogen and oxygen atoms in total. The maximum atomic E-state index is 8.58. The van der Waals surface area contributed by atoms with Gasteiger partial charge in [-0.1, -0.05) is 28.4 Å². The van der Waals surface area contributed by atoms with E-state index in [0.717, 1.165) is 10.9 Å². The van der Waals surface area contributed by atoms with E-state index in [1.807, 2.05) is 0 Å². The molecule has 1 aromatic carbocycles. The quantitative estimate of drug-likeness (QED) is 0.490. The van der Waals surface area contributed by atoms with Gasteiger partial charge in [0, 0.05) is 17.1 Å². The fraction of sp³-hybridized carbons (Fsp3) is 0. The van der Waals surface area contributed by atoms with E-state index in [1.165, 1.54) is 0 Å². The Morgan fingerprint density at radius 2 is 2.19 bits per heavy atom. The highest BCUT2D eigenvalue weighted by Gasteiger charge is 2.07. The highest BCUT2D eigenvalue weighted by atomic mass is 79.9. The number of pyridine rings is 1. The topological polar surface area (TPSA) is 45.5 Å². The zero-order valence-electron chi connectivity index (χ0n) is 7.78. The molecule has 0 aliphatic rings. The van der Waals surface area contributed by atoms with Crippen LogP contribution in [-0.2, 0) is 0 Å². The van der Waals surface area contributed by atoms with Gasteiger partial charge in [-0.25, -0.2) is 0 Å². The lowest BCUT2D eigenvalue weighted by Gasteiger charge is -2.03. The number of hydrogen-bond acceptors (Lipinski definition) is 3. The van der Waals surface area contributed by atoms with Crippen molar-refractivity contribution in [1.82, 2.24) is 4.98 Å². The van der Waals surface area contributed by atoms with Gasteiger partial charge in [0.05, 0.1) is 15.0 Å². The van der Waals surface area contributed by atoms with Gasteiger partial charge >= 0.3 is 0 Å². The first-order valence-electron chi connectivity index (χ1n) is 4.25. The van der Waals surface area contributed by atoms with Crippen molar-refractivity contribution < 1.29 is 5.21 Å². The number of benzene rings is 1. The van der Waals surface area contributed by atoms with Crippen LogP contribution in [0.3, 0.4) is 0 Å². The third kappa shape index (κ3) is 2.00. The van der Waals surface area contributed by atoms with Crippen LogP contribution in [0.1, 0.15) is 5.56 Å². The third-order valence-corrected chi connectivity index (χ3v) is 3.62. The summed E-state index contributed by atoms with van der Waals surface area (Å²) in [5.74, 6) is 0. The molecule has 0 saturated heterocycles. The Kier molecular flexibility index (Phi) is 3.33. The minimum absolute atomic E-state index is 0.0120. The average molecular weight is 320 g/mol. The first-order chi connectivity index (χ1) is 7.63. The van der Waals surface area contributed by atoms with Gasteiger partial charge in [-0.2, -0.15) is 0 Å². The summed E-state index contributed by atoms with van der Waals surface area (Å²) in [6.45, 7) is 0. The molecule has 0 spiro atoms. The molecule has 2 rings (SSSR count). The highest BCUT2D eigenvalue weighted by molar-refractivity contribution is 9.10. The van der Waals surface area contributed by atoms with Crippen LogP contribution >= 0.6 is 39.1 Å². The molecule has 0 unspecified atom stereocenters. The van der Waals surface area contributed by atoms with Crippen LogP contribution in [0, 0.1) is 0 Å². The van der Waals surface area contributed by atoms with Crippen LogP contribution in [0.5, 0.6) is 0 Å². The van der Waals surface area contributed by atoms with E-state index < -0.39 is 0 Å². The number of halogens is 3. The largest absolute Gasteiger partial charge is 0.410 e. The Labute approximate surface area is 110 Å². The molecule has 6 heteroatoms. The molecule has 2 aromatic rings. The van der Waals surface area contributed by atoms with Gasteiger partial charge in [0.25, 0.3) is 0 Å². The van der Waals surface area contributed by atoms with Crippen molar-refractivity contribution in [3.05, 3.63) is 39.5 Å². The number of aromatic nitrogens is 1. The fourth-order valence-electron chi connectivity index (χ4n) is 1.32. The number of fused-ring (bicyclic) bond motifs is 1. The van der Waals surface area contributed by atoms with Crippen LogP contribution in [0.25, 0.3) is 10.9 Å². The Balaban J connectivity index is 2.74. The lowest BCUT2D eigenvalue weighted by Crippen LogP contribution is -1.92. The van der Waals surface area contributed by atoms with Crippen molar-refractivity contribution in [3.8, 4) is 0 Å². The Hall–Kier alpha value is -0.840. The summed E-state index contributed by atoms with van der Waals surface area (Å²) in [5.41, 5.74) is 1.33. The third-order valence-electron chi connectivity index (χ3n) is 2.09. The summed E-state index contributed by atoms with van der Waals surface area (Å²) in [6, 6.07) is 5.19. The molecular weight excluding hydrogens is 315 g/mol. The smallest absolute Gasteiger partial charge is 0.175 e. The normalized spacial score (nSPS) is 12.1. The van der Waals surface area contributed by atoms with Gasteiger partial charge < -0.3 is 5.21 Å². The van der Waals surface area contributed by atoms with Gasteiger partial charge in [0.15, 0.2) is 5.17 Å². The van der Waals surface area contributed by atoms with E-state index in [4.69, 9.17) is 28.4 Å². The van der Waals surface area contributed by atoms with Gasteiger partial charge in [0.2, 0.25) is 0 Å². The summed E-state index contributed by atoms with van der Waals surface area (Å²) in [7, 11) is 0. The lowest BCUT2D eigenvalue weighted by atomic mass is 10.1. The van der Waals surface area contributed by atoms with Crippen LogP contribution in [-0.4, -0.2) is 15.4 Å². The van der Waals surface area contributed by atoms with Crippen molar-refractivity contribution in [3.63, 3.8) is 0 Å². The van der Waals surface area contributed by atoms with Crippen LogP contribution in [0.15, 0.2) is 34.0 Å². The molecule has 0 bridgehead atoms. The maximum absolute atomic E-state index is 8.58. The first-order valence-corrected chi connectivity index (χ1v) is 5.80. The first kappa shape index (κ1) is 11.6. The SMILES string of the molecule is O/N=C(\Cl)c1ccc2ncc(Br)c(Cl)c2c1. The Morgan fingerprint density at radius 3 is 2.88 bits per heavy atom. The second kappa shape index (κ2) is 4.57. The van der Waals surface area contributed by atoms with Crippen molar-refractivity contribution in [2.75, 3.05) is 0 Å². The van der Waals surface area contributed by atoms with Crippen molar-refractivity contribution in [1.29, 1.82) is 0 Å². The second-order valence-electron chi connectivity index (χ2n) is 3.04. The maximum Gasteiger partial charge on any atom is 0.175 e. The lowest BCUT2D eigenvalue weighted by molar-refractivity contribution is 0.321. The van der Waals surface area contributed by atoms with E-state index in [2.05, 4.69) is 26.1 Å². The zero-order valence-corrected chi connectivity index (χ0v) is 10.9. The molecule has 0 radical (unpaired) electrons. The van der Waals surface area contributed by atoms with Crippen LogP contribution < -0.4 is 0 Å². The van der Waals surface area contributed by atoms with Crippen molar-refractivity contribution in [2.24, 2.45) is 5.16 Å². The minimum Gasteiger partial charge on any atom is -0.410 e. The predicted octanol–water partition coefficient (Wildman–Crippen LogP) is 4.03. The second-order valence-corrected chi connectivity index (χ2v) is 4.63. The van der Waals surface area contributed by atoms with Crippen molar-refractivity contribution in [2.45, 2.75) is 0 Å². The molecule has 16 heavy (non-hydrogen) atoms. The fourth-order valence-corrected chi connectivity index (χ4v) is 1.96. The molecule has 0 aliphatic carbocycles. The van der Waals surface area contributed by atoms with E-state index in [0.29, 0.717) is 15.1 Å².